The molecule has 0 spiro atoms. The third-order valence-electron chi connectivity index (χ3n) is 2.01. The number of ether oxygens (including phenoxy) is 1. The van der Waals surface area contributed by atoms with E-state index in [-0.39, 0.29) is 0 Å². The molecule has 4 heteroatoms. The highest BCUT2D eigenvalue weighted by Crippen LogP contribution is 2.27. The van der Waals surface area contributed by atoms with E-state index in [1.807, 2.05) is 18.2 Å². The minimum absolute atomic E-state index is 0.715. The summed E-state index contributed by atoms with van der Waals surface area (Å²) in [5.41, 5.74) is 0. The molecule has 0 bridgehead atoms. The lowest BCUT2D eigenvalue weighted by Crippen LogP contribution is -2.22. The molecule has 0 radical (unpaired) electrons. The smallest absolute Gasteiger partial charge is 0.120 e. The Kier molecular flexibility index (Phi) is 4.68. The van der Waals surface area contributed by atoms with E-state index in [9.17, 15) is 0 Å². The number of halogens is 2. The predicted molar refractivity (Wildman–Crippen MR) is 72.8 cm³/mol. The first-order valence-electron chi connectivity index (χ1n) is 4.96. The third-order valence-corrected chi connectivity index (χ3v) is 4.93. The fourth-order valence-corrected chi connectivity index (χ4v) is 2.23. The van der Waals surface area contributed by atoms with Crippen molar-refractivity contribution in [3.8, 4) is 5.75 Å². The molecule has 1 aromatic rings. The van der Waals surface area contributed by atoms with Crippen LogP contribution in [0, 0.1) is 0 Å². The maximum Gasteiger partial charge on any atom is 0.120 e. The average Bonchev–Trinajstić information content (AvgIpc) is 2.09. The average molecular weight is 308 g/mol. The van der Waals surface area contributed by atoms with E-state index in [1.54, 1.807) is 0 Å². The Morgan fingerprint density at radius 1 is 1.33 bits per heavy atom. The fraction of sp³-hybridized carbons (Fsp3) is 0.455. The highest BCUT2D eigenvalue weighted by Gasteiger charge is 2.12. The molecule has 15 heavy (non-hydrogen) atoms. The second-order valence-corrected chi connectivity index (χ2v) is 11.6. The molecule has 0 heterocycles. The molecule has 84 valence electrons. The van der Waals surface area contributed by atoms with Crippen LogP contribution in [0.2, 0.25) is 30.7 Å². The van der Waals surface area contributed by atoms with Crippen LogP contribution in [-0.4, -0.2) is 14.7 Å². The Bertz CT molecular complexity index is 336. The van der Waals surface area contributed by atoms with Gasteiger partial charge < -0.3 is 4.74 Å². The molecular formula is C11H16BrClOSi. The molecule has 0 amide bonds. The van der Waals surface area contributed by atoms with Gasteiger partial charge in [0.1, 0.15) is 5.75 Å². The summed E-state index contributed by atoms with van der Waals surface area (Å²) in [6.07, 6.45) is 0. The van der Waals surface area contributed by atoms with E-state index in [2.05, 4.69) is 35.6 Å². The maximum absolute atomic E-state index is 5.89. The highest BCUT2D eigenvalue weighted by molar-refractivity contribution is 9.10. The Morgan fingerprint density at radius 2 is 2.00 bits per heavy atom. The van der Waals surface area contributed by atoms with Gasteiger partial charge in [-0.05, 0) is 40.2 Å². The zero-order valence-electron chi connectivity index (χ0n) is 9.31. The summed E-state index contributed by atoms with van der Waals surface area (Å²) in [6.45, 7) is 7.82. The molecule has 0 aliphatic heterocycles. The molecule has 0 aliphatic carbocycles. The van der Waals surface area contributed by atoms with Crippen LogP contribution in [0.15, 0.2) is 22.7 Å². The monoisotopic (exact) mass is 306 g/mol. The van der Waals surface area contributed by atoms with Gasteiger partial charge in [-0.3, -0.25) is 0 Å². The molecule has 1 nitrogen and oxygen atoms in total. The van der Waals surface area contributed by atoms with Crippen LogP contribution in [0.4, 0.5) is 0 Å². The summed E-state index contributed by atoms with van der Waals surface area (Å²) in [5, 5.41) is 0.715. The van der Waals surface area contributed by atoms with Crippen LogP contribution in [0.3, 0.4) is 0 Å². The van der Waals surface area contributed by atoms with Gasteiger partial charge in [0.15, 0.2) is 0 Å². The molecule has 1 aromatic carbocycles. The van der Waals surface area contributed by atoms with Crippen molar-refractivity contribution in [3.05, 3.63) is 27.7 Å². The molecule has 0 fully saturated rings. The van der Waals surface area contributed by atoms with Crippen molar-refractivity contribution in [2.45, 2.75) is 25.7 Å². The third kappa shape index (κ3) is 5.04. The topological polar surface area (TPSA) is 9.23 Å². The molecule has 0 N–H and O–H groups in total. The summed E-state index contributed by atoms with van der Waals surface area (Å²) >= 11 is 9.27. The summed E-state index contributed by atoms with van der Waals surface area (Å²) in [4.78, 5) is 0. The molecular weight excluding hydrogens is 292 g/mol. The molecule has 1 rings (SSSR count). The van der Waals surface area contributed by atoms with Gasteiger partial charge in [-0.2, -0.15) is 0 Å². The Labute approximate surface area is 106 Å². The lowest BCUT2D eigenvalue weighted by Gasteiger charge is -2.16. The van der Waals surface area contributed by atoms with Gasteiger partial charge in [0.2, 0.25) is 0 Å². The van der Waals surface area contributed by atoms with Crippen molar-refractivity contribution in [1.82, 2.24) is 0 Å². The normalized spacial score (nSPS) is 11.5. The Morgan fingerprint density at radius 3 is 2.53 bits per heavy atom. The van der Waals surface area contributed by atoms with Crippen molar-refractivity contribution in [3.63, 3.8) is 0 Å². The van der Waals surface area contributed by atoms with Crippen LogP contribution in [0.1, 0.15) is 0 Å². The number of hydrogen-bond donors (Lipinski definition) is 0. The van der Waals surface area contributed by atoms with E-state index in [0.29, 0.717) is 5.02 Å². The zero-order chi connectivity index (χ0) is 11.5. The van der Waals surface area contributed by atoms with E-state index in [4.69, 9.17) is 16.3 Å². The second kappa shape index (κ2) is 5.37. The first-order valence-corrected chi connectivity index (χ1v) is 9.84. The molecule has 0 aliphatic rings. The van der Waals surface area contributed by atoms with Gasteiger partial charge in [0.05, 0.1) is 11.6 Å². The van der Waals surface area contributed by atoms with Crippen molar-refractivity contribution < 1.29 is 4.74 Å². The van der Waals surface area contributed by atoms with E-state index >= 15 is 0 Å². The number of rotatable bonds is 4. The SMILES string of the molecule is C[Si](C)(C)CCOc1ccc(Cl)c(Br)c1. The molecule has 0 saturated heterocycles. The van der Waals surface area contributed by atoms with Gasteiger partial charge in [0, 0.05) is 12.5 Å². The van der Waals surface area contributed by atoms with E-state index < -0.39 is 8.07 Å². The van der Waals surface area contributed by atoms with Crippen molar-refractivity contribution in [2.24, 2.45) is 0 Å². The maximum atomic E-state index is 5.89. The number of benzene rings is 1. The van der Waals surface area contributed by atoms with Crippen molar-refractivity contribution >= 4 is 35.6 Å². The van der Waals surface area contributed by atoms with E-state index in [1.165, 1.54) is 6.04 Å². The second-order valence-electron chi connectivity index (χ2n) is 4.74. The fourth-order valence-electron chi connectivity index (χ4n) is 1.04. The minimum Gasteiger partial charge on any atom is -0.494 e. The first-order chi connectivity index (χ1) is 6.88. The molecule has 0 atom stereocenters. The molecule has 0 aromatic heterocycles. The minimum atomic E-state index is -0.998. The molecule has 0 unspecified atom stereocenters. The van der Waals surface area contributed by atoms with Crippen molar-refractivity contribution in [2.75, 3.05) is 6.61 Å². The zero-order valence-corrected chi connectivity index (χ0v) is 12.7. The largest absolute Gasteiger partial charge is 0.494 e. The predicted octanol–water partition coefficient (Wildman–Crippen LogP) is 4.82. The Hall–Kier alpha value is 0.00688. The molecule has 0 saturated carbocycles. The highest BCUT2D eigenvalue weighted by atomic mass is 79.9. The standard InChI is InChI=1S/C11H16BrClOSi/c1-15(2,3)7-6-14-9-4-5-11(13)10(12)8-9/h4-5,8H,6-7H2,1-3H3. The number of hydrogen-bond acceptors (Lipinski definition) is 1. The van der Waals surface area contributed by atoms with E-state index in [0.717, 1.165) is 16.8 Å². The quantitative estimate of drug-likeness (QED) is 0.725. The van der Waals surface area contributed by atoms with Gasteiger partial charge in [-0.1, -0.05) is 31.2 Å². The van der Waals surface area contributed by atoms with Crippen LogP contribution < -0.4 is 4.74 Å². The summed E-state index contributed by atoms with van der Waals surface area (Å²) in [7, 11) is -0.998. The summed E-state index contributed by atoms with van der Waals surface area (Å²) in [5.74, 6) is 0.879. The van der Waals surface area contributed by atoms with Crippen LogP contribution in [0.5, 0.6) is 5.75 Å². The van der Waals surface area contributed by atoms with Crippen LogP contribution in [-0.2, 0) is 0 Å². The first kappa shape index (κ1) is 13.1. The van der Waals surface area contributed by atoms with Gasteiger partial charge in [-0.25, -0.2) is 0 Å². The van der Waals surface area contributed by atoms with Crippen molar-refractivity contribution in [1.29, 1.82) is 0 Å². The van der Waals surface area contributed by atoms with Gasteiger partial charge >= 0.3 is 0 Å². The van der Waals surface area contributed by atoms with Gasteiger partial charge in [0.25, 0.3) is 0 Å². The summed E-state index contributed by atoms with van der Waals surface area (Å²) in [6, 6.07) is 6.83. The Balaban J connectivity index is 2.48. The van der Waals surface area contributed by atoms with Crippen LogP contribution in [0.25, 0.3) is 0 Å². The lowest BCUT2D eigenvalue weighted by atomic mass is 10.3. The summed E-state index contributed by atoms with van der Waals surface area (Å²) < 4.78 is 6.55. The van der Waals surface area contributed by atoms with Gasteiger partial charge in [-0.15, -0.1) is 0 Å². The lowest BCUT2D eigenvalue weighted by molar-refractivity contribution is 0.338. The van der Waals surface area contributed by atoms with Crippen LogP contribution >= 0.6 is 27.5 Å².